The van der Waals surface area contributed by atoms with Crippen LogP contribution in [0.3, 0.4) is 0 Å². The number of carbonyl (C=O) groups is 2. The van der Waals surface area contributed by atoms with Gasteiger partial charge in [0.05, 0.1) is 24.4 Å². The van der Waals surface area contributed by atoms with Gasteiger partial charge in [-0.2, -0.15) is 5.10 Å². The zero-order chi connectivity index (χ0) is 22.1. The highest BCUT2D eigenvalue weighted by Crippen LogP contribution is 2.27. The molecule has 0 aliphatic heterocycles. The maximum Gasteiger partial charge on any atom is 0.344 e. The molecule has 0 spiro atoms. The number of esters is 1. The minimum atomic E-state index is -0.592. The summed E-state index contributed by atoms with van der Waals surface area (Å²) in [5.41, 5.74) is 2.80. The number of nitro benzene ring substituents is 1. The molecule has 0 aromatic heterocycles. The number of benzene rings is 2. The van der Waals surface area contributed by atoms with Gasteiger partial charge in [0.1, 0.15) is 0 Å². The molecule has 158 valence electrons. The summed E-state index contributed by atoms with van der Waals surface area (Å²) in [7, 11) is 1.44. The minimum absolute atomic E-state index is 0.107. The number of methoxy groups -OCH3 is 1. The molecular weight excluding hydrogens is 394 g/mol. The molecule has 2 rings (SSSR count). The monoisotopic (exact) mass is 415 g/mol. The predicted octanol–water partition coefficient (Wildman–Crippen LogP) is 2.70. The van der Waals surface area contributed by atoms with E-state index in [9.17, 15) is 19.7 Å². The summed E-state index contributed by atoms with van der Waals surface area (Å²) >= 11 is 0. The van der Waals surface area contributed by atoms with Crippen molar-refractivity contribution in [2.24, 2.45) is 5.10 Å². The molecule has 10 heteroatoms. The van der Waals surface area contributed by atoms with Gasteiger partial charge in [-0.25, -0.2) is 10.2 Å². The van der Waals surface area contributed by atoms with Crippen molar-refractivity contribution < 1.29 is 28.7 Å². The Balaban J connectivity index is 2.00. The van der Waals surface area contributed by atoms with Gasteiger partial charge in [0.25, 0.3) is 11.6 Å². The number of rotatable bonds is 9. The van der Waals surface area contributed by atoms with Gasteiger partial charge < -0.3 is 14.2 Å². The van der Waals surface area contributed by atoms with E-state index >= 15 is 0 Å². The van der Waals surface area contributed by atoms with Crippen molar-refractivity contribution in [3.8, 4) is 11.5 Å². The van der Waals surface area contributed by atoms with Gasteiger partial charge in [-0.05, 0) is 43.7 Å². The molecule has 10 nitrogen and oxygen atoms in total. The Kier molecular flexibility index (Phi) is 7.86. The lowest BCUT2D eigenvalue weighted by atomic mass is 10.2. The second-order valence-electron chi connectivity index (χ2n) is 6.24. The Hall–Kier alpha value is -3.95. The van der Waals surface area contributed by atoms with E-state index in [2.05, 4.69) is 10.5 Å². The van der Waals surface area contributed by atoms with Crippen LogP contribution >= 0.6 is 0 Å². The van der Waals surface area contributed by atoms with Gasteiger partial charge in [0.2, 0.25) is 0 Å². The standard InChI is InChI=1S/C20H21N3O7/c1-13(2)30-19(24)12-29-17-8-7-14(9-18(17)28-3)11-21-22-20(25)15-5-4-6-16(10-15)23(26)27/h4-11,13H,12H2,1-3H3,(H,22,25)/b21-11+. The second-order valence-corrected chi connectivity index (χ2v) is 6.24. The van der Waals surface area contributed by atoms with Crippen molar-refractivity contribution >= 4 is 23.8 Å². The Bertz CT molecular complexity index is 957. The number of hydrazone groups is 1. The van der Waals surface area contributed by atoms with E-state index in [1.165, 1.54) is 31.5 Å². The topological polar surface area (TPSA) is 129 Å². The first kappa shape index (κ1) is 22.3. The number of non-ortho nitro benzene ring substituents is 1. The number of amides is 1. The van der Waals surface area contributed by atoms with Crippen molar-refractivity contribution in [2.45, 2.75) is 20.0 Å². The molecule has 0 bridgehead atoms. The van der Waals surface area contributed by atoms with Crippen LogP contribution in [0.1, 0.15) is 29.8 Å². The lowest BCUT2D eigenvalue weighted by Crippen LogP contribution is -2.19. The van der Waals surface area contributed by atoms with Crippen molar-refractivity contribution in [1.29, 1.82) is 0 Å². The average Bonchev–Trinajstić information content (AvgIpc) is 2.72. The van der Waals surface area contributed by atoms with Crippen LogP contribution in [0.15, 0.2) is 47.6 Å². The zero-order valence-electron chi connectivity index (χ0n) is 16.7. The van der Waals surface area contributed by atoms with Crippen molar-refractivity contribution in [1.82, 2.24) is 5.43 Å². The van der Waals surface area contributed by atoms with Crippen LogP contribution in [0.5, 0.6) is 11.5 Å². The fraction of sp³-hybridized carbons (Fsp3) is 0.250. The molecule has 0 radical (unpaired) electrons. The zero-order valence-corrected chi connectivity index (χ0v) is 16.7. The summed E-state index contributed by atoms with van der Waals surface area (Å²) in [4.78, 5) is 33.9. The maximum atomic E-state index is 12.1. The molecule has 0 atom stereocenters. The highest BCUT2D eigenvalue weighted by molar-refractivity contribution is 5.95. The third kappa shape index (κ3) is 6.59. The molecule has 0 aliphatic rings. The number of hydrogen-bond acceptors (Lipinski definition) is 8. The highest BCUT2D eigenvalue weighted by Gasteiger charge is 2.12. The minimum Gasteiger partial charge on any atom is -0.493 e. The highest BCUT2D eigenvalue weighted by atomic mass is 16.6. The van der Waals surface area contributed by atoms with E-state index in [0.29, 0.717) is 17.1 Å². The van der Waals surface area contributed by atoms with Gasteiger partial charge in [-0.3, -0.25) is 14.9 Å². The molecule has 0 fully saturated rings. The lowest BCUT2D eigenvalue weighted by Gasteiger charge is -2.12. The van der Waals surface area contributed by atoms with Gasteiger partial charge in [0.15, 0.2) is 18.1 Å². The fourth-order valence-electron chi connectivity index (χ4n) is 2.31. The summed E-state index contributed by atoms with van der Waals surface area (Å²) in [6.07, 6.45) is 1.13. The first-order chi connectivity index (χ1) is 14.3. The van der Waals surface area contributed by atoms with Crippen LogP contribution in [0, 0.1) is 10.1 Å². The van der Waals surface area contributed by atoms with Gasteiger partial charge in [-0.15, -0.1) is 0 Å². The van der Waals surface area contributed by atoms with Gasteiger partial charge >= 0.3 is 5.97 Å². The number of carbonyl (C=O) groups excluding carboxylic acids is 2. The predicted molar refractivity (Wildman–Crippen MR) is 108 cm³/mol. The quantitative estimate of drug-likeness (QED) is 0.288. The third-order valence-electron chi connectivity index (χ3n) is 3.60. The Morgan fingerprint density at radius 1 is 1.20 bits per heavy atom. The number of hydrogen-bond donors (Lipinski definition) is 1. The molecular formula is C20H21N3O7. The molecule has 1 amide bonds. The average molecular weight is 415 g/mol. The molecule has 1 N–H and O–H groups in total. The summed E-state index contributed by atoms with van der Waals surface area (Å²) in [5.74, 6) is -0.385. The molecule has 2 aromatic rings. The number of nitrogens with one attached hydrogen (secondary N) is 1. The van der Waals surface area contributed by atoms with E-state index in [1.54, 1.807) is 32.0 Å². The fourth-order valence-corrected chi connectivity index (χ4v) is 2.31. The normalized spacial score (nSPS) is 10.7. The maximum absolute atomic E-state index is 12.1. The second kappa shape index (κ2) is 10.6. The van der Waals surface area contributed by atoms with E-state index in [4.69, 9.17) is 14.2 Å². The SMILES string of the molecule is COc1cc(/C=N/NC(=O)c2cccc([N+](=O)[O-])c2)ccc1OCC(=O)OC(C)C. The van der Waals surface area contributed by atoms with Crippen LogP contribution in [0.4, 0.5) is 5.69 Å². The van der Waals surface area contributed by atoms with E-state index < -0.39 is 16.8 Å². The molecule has 0 heterocycles. The lowest BCUT2D eigenvalue weighted by molar-refractivity contribution is -0.384. The molecule has 0 aliphatic carbocycles. The molecule has 2 aromatic carbocycles. The van der Waals surface area contributed by atoms with Gasteiger partial charge in [-0.1, -0.05) is 6.07 Å². The summed E-state index contributed by atoms with van der Waals surface area (Å²) in [6.45, 7) is 3.22. The number of nitrogens with zero attached hydrogens (tertiary/aromatic N) is 2. The Morgan fingerprint density at radius 2 is 1.97 bits per heavy atom. The smallest absolute Gasteiger partial charge is 0.344 e. The summed E-state index contributed by atoms with van der Waals surface area (Å²) < 4.78 is 15.6. The largest absolute Gasteiger partial charge is 0.493 e. The van der Waals surface area contributed by atoms with Crippen molar-refractivity contribution in [2.75, 3.05) is 13.7 Å². The number of nitro groups is 1. The third-order valence-corrected chi connectivity index (χ3v) is 3.60. The molecule has 0 saturated carbocycles. The summed E-state index contributed by atoms with van der Waals surface area (Å²) in [5, 5.41) is 14.6. The molecule has 30 heavy (non-hydrogen) atoms. The molecule has 0 saturated heterocycles. The van der Waals surface area contributed by atoms with Crippen molar-refractivity contribution in [3.05, 3.63) is 63.7 Å². The van der Waals surface area contributed by atoms with E-state index in [0.717, 1.165) is 6.07 Å². The van der Waals surface area contributed by atoms with Crippen LogP contribution in [0.25, 0.3) is 0 Å². The summed E-state index contributed by atoms with van der Waals surface area (Å²) in [6, 6.07) is 10.1. The van der Waals surface area contributed by atoms with Gasteiger partial charge in [0, 0.05) is 17.7 Å². The van der Waals surface area contributed by atoms with Crippen LogP contribution in [0.2, 0.25) is 0 Å². The number of ether oxygens (including phenoxy) is 3. The van der Waals surface area contributed by atoms with Crippen molar-refractivity contribution in [3.63, 3.8) is 0 Å². The van der Waals surface area contributed by atoms with Crippen LogP contribution in [-0.4, -0.2) is 42.8 Å². The van der Waals surface area contributed by atoms with Crippen LogP contribution in [-0.2, 0) is 9.53 Å². The van der Waals surface area contributed by atoms with Crippen LogP contribution < -0.4 is 14.9 Å². The first-order valence-electron chi connectivity index (χ1n) is 8.88. The Labute approximate surface area is 172 Å². The first-order valence-corrected chi connectivity index (χ1v) is 8.88. The van der Waals surface area contributed by atoms with E-state index in [-0.39, 0.29) is 24.0 Å². The van der Waals surface area contributed by atoms with E-state index in [1.807, 2.05) is 0 Å². The Morgan fingerprint density at radius 3 is 2.63 bits per heavy atom. The molecule has 0 unspecified atom stereocenters.